The maximum absolute atomic E-state index is 11.5. The van der Waals surface area contributed by atoms with Gasteiger partial charge in [-0.15, -0.1) is 12.3 Å². The molecular weight excluding hydrogens is 230 g/mol. The maximum atomic E-state index is 11.5. The van der Waals surface area contributed by atoms with E-state index in [1.165, 1.54) is 6.08 Å². The van der Waals surface area contributed by atoms with E-state index < -0.39 is 17.9 Å². The third kappa shape index (κ3) is 4.54. The molecule has 1 aromatic carbocycles. The SMILES string of the molecule is C#CCC(NC(=O)/C=C/c1ccccc1)C(=O)O. The number of terminal acetylenes is 1. The van der Waals surface area contributed by atoms with Crippen LogP contribution in [0.2, 0.25) is 0 Å². The Bertz CT molecular complexity index is 486. The molecule has 0 fully saturated rings. The molecule has 0 saturated heterocycles. The summed E-state index contributed by atoms with van der Waals surface area (Å²) in [6.45, 7) is 0. The lowest BCUT2D eigenvalue weighted by Crippen LogP contribution is -2.39. The highest BCUT2D eigenvalue weighted by molar-refractivity contribution is 5.94. The van der Waals surface area contributed by atoms with E-state index in [-0.39, 0.29) is 6.42 Å². The Labute approximate surface area is 105 Å². The molecule has 1 unspecified atom stereocenters. The number of carbonyl (C=O) groups excluding carboxylic acids is 1. The van der Waals surface area contributed by atoms with Crippen LogP contribution >= 0.6 is 0 Å². The molecule has 1 amide bonds. The van der Waals surface area contributed by atoms with Gasteiger partial charge in [-0.2, -0.15) is 0 Å². The smallest absolute Gasteiger partial charge is 0.327 e. The second-order valence-electron chi connectivity index (χ2n) is 3.55. The minimum Gasteiger partial charge on any atom is -0.480 e. The monoisotopic (exact) mass is 243 g/mol. The minimum absolute atomic E-state index is 0.0414. The highest BCUT2D eigenvalue weighted by Gasteiger charge is 2.17. The highest BCUT2D eigenvalue weighted by atomic mass is 16.4. The summed E-state index contributed by atoms with van der Waals surface area (Å²) >= 11 is 0. The van der Waals surface area contributed by atoms with Gasteiger partial charge in [-0.3, -0.25) is 4.79 Å². The number of hydrogen-bond donors (Lipinski definition) is 2. The van der Waals surface area contributed by atoms with Crippen LogP contribution in [-0.4, -0.2) is 23.0 Å². The van der Waals surface area contributed by atoms with Crippen LogP contribution in [0.1, 0.15) is 12.0 Å². The molecular formula is C14H13NO3. The number of rotatable bonds is 5. The molecule has 0 heterocycles. The van der Waals surface area contributed by atoms with E-state index >= 15 is 0 Å². The summed E-state index contributed by atoms with van der Waals surface area (Å²) in [7, 11) is 0. The molecule has 4 nitrogen and oxygen atoms in total. The normalized spacial score (nSPS) is 11.7. The lowest BCUT2D eigenvalue weighted by Gasteiger charge is -2.09. The fourth-order valence-electron chi connectivity index (χ4n) is 1.27. The van der Waals surface area contributed by atoms with Gasteiger partial charge in [0.15, 0.2) is 0 Å². The average Bonchev–Trinajstić information content (AvgIpc) is 2.37. The van der Waals surface area contributed by atoms with Crippen LogP contribution in [0.5, 0.6) is 0 Å². The lowest BCUT2D eigenvalue weighted by atomic mass is 10.2. The lowest BCUT2D eigenvalue weighted by molar-refractivity contribution is -0.141. The second kappa shape index (κ2) is 6.92. The largest absolute Gasteiger partial charge is 0.480 e. The number of benzene rings is 1. The Morgan fingerprint density at radius 1 is 1.39 bits per heavy atom. The first-order valence-corrected chi connectivity index (χ1v) is 5.33. The van der Waals surface area contributed by atoms with E-state index in [9.17, 15) is 9.59 Å². The molecule has 1 rings (SSSR count). The summed E-state index contributed by atoms with van der Waals surface area (Å²) < 4.78 is 0. The molecule has 92 valence electrons. The second-order valence-corrected chi connectivity index (χ2v) is 3.55. The van der Waals surface area contributed by atoms with Gasteiger partial charge < -0.3 is 10.4 Å². The van der Waals surface area contributed by atoms with E-state index in [4.69, 9.17) is 11.5 Å². The molecule has 0 aromatic heterocycles. The molecule has 0 aliphatic heterocycles. The van der Waals surface area contributed by atoms with Crippen molar-refractivity contribution in [1.82, 2.24) is 5.32 Å². The van der Waals surface area contributed by atoms with Gasteiger partial charge in [0.2, 0.25) is 5.91 Å². The fraction of sp³-hybridized carbons (Fsp3) is 0.143. The van der Waals surface area contributed by atoms with Crippen LogP contribution in [0.25, 0.3) is 6.08 Å². The zero-order chi connectivity index (χ0) is 13.4. The number of carboxylic acids is 1. The first-order valence-electron chi connectivity index (χ1n) is 5.33. The zero-order valence-corrected chi connectivity index (χ0v) is 9.67. The van der Waals surface area contributed by atoms with Crippen LogP contribution in [0.4, 0.5) is 0 Å². The average molecular weight is 243 g/mol. The molecule has 0 radical (unpaired) electrons. The number of aliphatic carboxylic acids is 1. The molecule has 4 heteroatoms. The molecule has 1 atom stereocenters. The van der Waals surface area contributed by atoms with Crippen LogP contribution in [0.3, 0.4) is 0 Å². The third-order valence-electron chi connectivity index (χ3n) is 2.16. The van der Waals surface area contributed by atoms with Gasteiger partial charge in [-0.25, -0.2) is 4.79 Å². The van der Waals surface area contributed by atoms with E-state index in [0.717, 1.165) is 5.56 Å². The van der Waals surface area contributed by atoms with Crippen molar-refractivity contribution < 1.29 is 14.7 Å². The molecule has 0 aliphatic carbocycles. The van der Waals surface area contributed by atoms with E-state index in [0.29, 0.717) is 0 Å². The predicted octanol–water partition coefficient (Wildman–Crippen LogP) is 1.29. The van der Waals surface area contributed by atoms with Gasteiger partial charge in [-0.1, -0.05) is 30.3 Å². The molecule has 0 aliphatic rings. The van der Waals surface area contributed by atoms with Crippen molar-refractivity contribution in [2.75, 3.05) is 0 Å². The van der Waals surface area contributed by atoms with E-state index in [1.54, 1.807) is 6.08 Å². The van der Waals surface area contributed by atoms with Crippen molar-refractivity contribution in [3.63, 3.8) is 0 Å². The van der Waals surface area contributed by atoms with Crippen molar-refractivity contribution in [2.45, 2.75) is 12.5 Å². The van der Waals surface area contributed by atoms with Crippen molar-refractivity contribution in [2.24, 2.45) is 0 Å². The molecule has 0 spiro atoms. The van der Waals surface area contributed by atoms with Crippen molar-refractivity contribution >= 4 is 18.0 Å². The first kappa shape index (κ1) is 13.5. The minimum atomic E-state index is -1.14. The van der Waals surface area contributed by atoms with E-state index in [2.05, 4.69) is 11.2 Å². The topological polar surface area (TPSA) is 66.4 Å². The van der Waals surface area contributed by atoms with Gasteiger partial charge in [0.25, 0.3) is 0 Å². The summed E-state index contributed by atoms with van der Waals surface area (Å²) in [4.78, 5) is 22.2. The third-order valence-corrected chi connectivity index (χ3v) is 2.16. The van der Waals surface area contributed by atoms with Gasteiger partial charge >= 0.3 is 5.97 Å². The number of carbonyl (C=O) groups is 2. The summed E-state index contributed by atoms with van der Waals surface area (Å²) in [5, 5.41) is 11.1. The van der Waals surface area contributed by atoms with Crippen molar-refractivity contribution in [1.29, 1.82) is 0 Å². The predicted molar refractivity (Wildman–Crippen MR) is 68.5 cm³/mol. The van der Waals surface area contributed by atoms with Crippen LogP contribution < -0.4 is 5.32 Å². The van der Waals surface area contributed by atoms with Gasteiger partial charge in [0.05, 0.1) is 0 Å². The van der Waals surface area contributed by atoms with Crippen LogP contribution in [0.15, 0.2) is 36.4 Å². The Balaban J connectivity index is 2.58. The van der Waals surface area contributed by atoms with Gasteiger partial charge in [0.1, 0.15) is 6.04 Å². The molecule has 0 saturated carbocycles. The Morgan fingerprint density at radius 2 is 2.06 bits per heavy atom. The van der Waals surface area contributed by atoms with Gasteiger partial charge in [0, 0.05) is 12.5 Å². The molecule has 1 aromatic rings. The number of carboxylic acid groups (broad SMARTS) is 1. The highest BCUT2D eigenvalue weighted by Crippen LogP contribution is 2.00. The van der Waals surface area contributed by atoms with Crippen molar-refractivity contribution in [3.05, 3.63) is 42.0 Å². The Kier molecular flexibility index (Phi) is 5.20. The molecule has 0 bridgehead atoms. The van der Waals surface area contributed by atoms with Crippen molar-refractivity contribution in [3.8, 4) is 12.3 Å². The fourth-order valence-corrected chi connectivity index (χ4v) is 1.27. The summed E-state index contributed by atoms with van der Waals surface area (Å²) in [5.41, 5.74) is 0.858. The van der Waals surface area contributed by atoms with Crippen LogP contribution in [-0.2, 0) is 9.59 Å². The Morgan fingerprint density at radius 3 is 2.61 bits per heavy atom. The molecule has 18 heavy (non-hydrogen) atoms. The summed E-state index contributed by atoms with van der Waals surface area (Å²) in [6.07, 6.45) is 7.86. The first-order chi connectivity index (χ1) is 8.63. The maximum Gasteiger partial charge on any atom is 0.327 e. The Hall–Kier alpha value is -2.54. The summed E-state index contributed by atoms with van der Waals surface area (Å²) in [5.74, 6) is 0.580. The van der Waals surface area contributed by atoms with Crippen LogP contribution in [0, 0.1) is 12.3 Å². The zero-order valence-electron chi connectivity index (χ0n) is 9.67. The number of hydrogen-bond acceptors (Lipinski definition) is 2. The van der Waals surface area contributed by atoms with E-state index in [1.807, 2.05) is 30.3 Å². The summed E-state index contributed by atoms with van der Waals surface area (Å²) in [6, 6.07) is 8.17. The quantitative estimate of drug-likeness (QED) is 0.605. The number of nitrogens with one attached hydrogen (secondary N) is 1. The number of amides is 1. The standard InChI is InChI=1S/C14H13NO3/c1-2-6-12(14(17)18)15-13(16)10-9-11-7-4-3-5-8-11/h1,3-5,7-10,12H,6H2,(H,15,16)(H,17,18)/b10-9+. The molecule has 2 N–H and O–H groups in total. The van der Waals surface area contributed by atoms with Gasteiger partial charge in [-0.05, 0) is 11.6 Å².